The van der Waals surface area contributed by atoms with E-state index in [0.29, 0.717) is 0 Å². The van der Waals surface area contributed by atoms with Crippen molar-refractivity contribution in [3.8, 4) is 56.4 Å². The molecule has 0 bridgehead atoms. The van der Waals surface area contributed by atoms with Gasteiger partial charge < -0.3 is 14.4 Å². The predicted molar refractivity (Wildman–Crippen MR) is 279 cm³/mol. The standard InChI is InChI=1S/C66H41NO2/c1-2-19-42(20-3-1)45-22-7-13-31-57(45)67(58-32-18-30-54-64(58)47-24-6-8-25-49(47)65(54)50-26-9-14-33-59(50)68-60-34-15-10-27-51(60)65)44-38-39-48-56(41-44)66(55-40-37-43-21-4-5-23-46(43)63(48)55)52-28-11-16-35-61(52)69-62-36-17-12-29-53(62)66/h1-41H. The summed E-state index contributed by atoms with van der Waals surface area (Å²) in [5.41, 5.74) is 18.7. The van der Waals surface area contributed by atoms with E-state index in [0.717, 1.165) is 73.4 Å². The van der Waals surface area contributed by atoms with Crippen LogP contribution in [0.5, 0.6) is 23.0 Å². The maximum absolute atomic E-state index is 6.83. The summed E-state index contributed by atoms with van der Waals surface area (Å²) in [6.45, 7) is 0. The zero-order valence-corrected chi connectivity index (χ0v) is 37.4. The van der Waals surface area contributed by atoms with Crippen LogP contribution in [-0.2, 0) is 10.8 Å². The van der Waals surface area contributed by atoms with Gasteiger partial charge in [-0.1, -0.05) is 200 Å². The number of nitrogens with zero attached hydrogens (tertiary/aromatic N) is 1. The molecule has 2 aliphatic heterocycles. The van der Waals surface area contributed by atoms with Crippen molar-refractivity contribution >= 4 is 27.8 Å². The van der Waals surface area contributed by atoms with Crippen molar-refractivity contribution in [2.75, 3.05) is 4.90 Å². The Balaban J connectivity index is 1.07. The summed E-state index contributed by atoms with van der Waals surface area (Å²) < 4.78 is 13.6. The van der Waals surface area contributed by atoms with E-state index in [1.807, 2.05) is 0 Å². The van der Waals surface area contributed by atoms with E-state index in [1.54, 1.807) is 0 Å². The van der Waals surface area contributed by atoms with Crippen molar-refractivity contribution in [3.63, 3.8) is 0 Å². The number of fused-ring (bicyclic) bond motifs is 20. The first kappa shape index (κ1) is 38.2. The quantitative estimate of drug-likeness (QED) is 0.176. The number of hydrogen-bond donors (Lipinski definition) is 0. The second-order valence-electron chi connectivity index (χ2n) is 18.6. The van der Waals surface area contributed by atoms with E-state index in [1.165, 1.54) is 55.3 Å². The molecule has 2 spiro atoms. The number of para-hydroxylation sites is 5. The van der Waals surface area contributed by atoms with Crippen molar-refractivity contribution in [3.05, 3.63) is 293 Å². The van der Waals surface area contributed by atoms with E-state index < -0.39 is 10.8 Å². The molecule has 0 N–H and O–H groups in total. The van der Waals surface area contributed by atoms with Gasteiger partial charge in [0.25, 0.3) is 0 Å². The molecule has 0 radical (unpaired) electrons. The van der Waals surface area contributed by atoms with Gasteiger partial charge >= 0.3 is 0 Å². The van der Waals surface area contributed by atoms with Gasteiger partial charge in [-0.15, -0.1) is 0 Å². The number of hydrogen-bond acceptors (Lipinski definition) is 3. The Labute approximate surface area is 400 Å². The Kier molecular flexibility index (Phi) is 7.92. The molecule has 11 aromatic carbocycles. The van der Waals surface area contributed by atoms with Crippen LogP contribution in [0.2, 0.25) is 0 Å². The van der Waals surface area contributed by atoms with Gasteiger partial charge in [0, 0.05) is 39.1 Å². The Hall–Kier alpha value is -8.92. The summed E-state index contributed by atoms with van der Waals surface area (Å²) in [6.07, 6.45) is 0. The van der Waals surface area contributed by atoms with Gasteiger partial charge in [-0.2, -0.15) is 0 Å². The van der Waals surface area contributed by atoms with Crippen LogP contribution in [0.15, 0.2) is 249 Å². The number of benzene rings is 11. The van der Waals surface area contributed by atoms with Gasteiger partial charge in [-0.05, 0) is 104 Å². The van der Waals surface area contributed by atoms with Crippen LogP contribution in [0.1, 0.15) is 44.5 Å². The fraction of sp³-hybridized carbons (Fsp3) is 0.0303. The largest absolute Gasteiger partial charge is 0.457 e. The van der Waals surface area contributed by atoms with Crippen LogP contribution >= 0.6 is 0 Å². The summed E-state index contributed by atoms with van der Waals surface area (Å²) in [4.78, 5) is 2.54. The van der Waals surface area contributed by atoms with Gasteiger partial charge in [0.2, 0.25) is 0 Å². The molecule has 0 aromatic heterocycles. The molecule has 0 saturated carbocycles. The SMILES string of the molecule is c1ccc(-c2ccccc2N(c2ccc3c(c2)C2(c4ccccc4Oc4ccccc42)c2ccc4ccccc4c2-3)c2cccc3c2-c2ccccc2C32c3ccccc3Oc3ccccc32)cc1. The van der Waals surface area contributed by atoms with E-state index in [4.69, 9.17) is 9.47 Å². The highest BCUT2D eigenvalue weighted by atomic mass is 16.5. The topological polar surface area (TPSA) is 21.7 Å². The Bertz CT molecular complexity index is 3850. The second kappa shape index (κ2) is 14.3. The Morgan fingerprint density at radius 1 is 0.290 bits per heavy atom. The van der Waals surface area contributed by atoms with E-state index in [9.17, 15) is 0 Å². The first-order valence-corrected chi connectivity index (χ1v) is 23.8. The van der Waals surface area contributed by atoms with Crippen molar-refractivity contribution in [1.82, 2.24) is 0 Å². The molecular formula is C66H41NO2. The fourth-order valence-corrected chi connectivity index (χ4v) is 12.8. The third kappa shape index (κ3) is 5.01. The van der Waals surface area contributed by atoms with Crippen molar-refractivity contribution in [2.45, 2.75) is 10.8 Å². The first-order chi connectivity index (χ1) is 34.2. The first-order valence-electron chi connectivity index (χ1n) is 23.8. The molecule has 0 atom stereocenters. The Morgan fingerprint density at radius 2 is 0.768 bits per heavy atom. The van der Waals surface area contributed by atoms with Crippen molar-refractivity contribution in [1.29, 1.82) is 0 Å². The van der Waals surface area contributed by atoms with Gasteiger partial charge in [0.05, 0.1) is 22.2 Å². The summed E-state index contributed by atoms with van der Waals surface area (Å²) >= 11 is 0. The average molecular weight is 880 g/mol. The molecule has 0 unspecified atom stereocenters. The predicted octanol–water partition coefficient (Wildman–Crippen LogP) is 16.9. The van der Waals surface area contributed by atoms with Crippen LogP contribution in [0.25, 0.3) is 44.2 Å². The lowest BCUT2D eigenvalue weighted by Gasteiger charge is -2.40. The molecule has 4 aliphatic rings. The minimum absolute atomic E-state index is 0.627. The normalized spacial score (nSPS) is 14.3. The molecule has 69 heavy (non-hydrogen) atoms. The summed E-state index contributed by atoms with van der Waals surface area (Å²) in [6, 6.07) is 91.0. The molecule has 0 saturated heterocycles. The highest BCUT2D eigenvalue weighted by Crippen LogP contribution is 2.66. The van der Waals surface area contributed by atoms with Gasteiger partial charge in [0.1, 0.15) is 23.0 Å². The minimum Gasteiger partial charge on any atom is -0.457 e. The average Bonchev–Trinajstić information content (AvgIpc) is 3.88. The van der Waals surface area contributed by atoms with E-state index in [2.05, 4.69) is 254 Å². The lowest BCUT2D eigenvalue weighted by molar-refractivity contribution is 0.436. The number of ether oxygens (including phenoxy) is 2. The third-order valence-corrected chi connectivity index (χ3v) is 15.4. The lowest BCUT2D eigenvalue weighted by Crippen LogP contribution is -2.32. The fourth-order valence-electron chi connectivity index (χ4n) is 12.8. The number of rotatable bonds is 4. The lowest BCUT2D eigenvalue weighted by atomic mass is 9.66. The molecular weight excluding hydrogens is 839 g/mol. The summed E-state index contributed by atoms with van der Waals surface area (Å²) in [5.74, 6) is 3.51. The van der Waals surface area contributed by atoms with Gasteiger partial charge in [0.15, 0.2) is 0 Å². The Morgan fingerprint density at radius 3 is 1.43 bits per heavy atom. The van der Waals surface area contributed by atoms with Crippen LogP contribution in [0, 0.1) is 0 Å². The van der Waals surface area contributed by atoms with E-state index in [-0.39, 0.29) is 0 Å². The van der Waals surface area contributed by atoms with Gasteiger partial charge in [-0.3, -0.25) is 0 Å². The van der Waals surface area contributed by atoms with E-state index >= 15 is 0 Å². The zero-order chi connectivity index (χ0) is 45.3. The maximum atomic E-state index is 6.83. The maximum Gasteiger partial charge on any atom is 0.132 e. The molecule has 0 fully saturated rings. The zero-order valence-electron chi connectivity index (χ0n) is 37.4. The number of anilines is 3. The van der Waals surface area contributed by atoms with Crippen LogP contribution < -0.4 is 14.4 Å². The molecule has 2 heterocycles. The second-order valence-corrected chi connectivity index (χ2v) is 18.6. The van der Waals surface area contributed by atoms with Crippen molar-refractivity contribution < 1.29 is 9.47 Å². The molecule has 3 nitrogen and oxygen atoms in total. The van der Waals surface area contributed by atoms with Crippen LogP contribution in [-0.4, -0.2) is 0 Å². The molecule has 0 amide bonds. The highest BCUT2D eigenvalue weighted by molar-refractivity contribution is 6.06. The molecule has 15 rings (SSSR count). The summed E-state index contributed by atoms with van der Waals surface area (Å²) in [5, 5.41) is 2.47. The molecule has 3 heteroatoms. The molecule has 2 aliphatic carbocycles. The third-order valence-electron chi connectivity index (χ3n) is 15.4. The highest BCUT2D eigenvalue weighted by Gasteiger charge is 2.54. The minimum atomic E-state index is -0.675. The molecule has 322 valence electrons. The van der Waals surface area contributed by atoms with Gasteiger partial charge in [-0.25, -0.2) is 0 Å². The van der Waals surface area contributed by atoms with Crippen molar-refractivity contribution in [2.24, 2.45) is 0 Å². The monoisotopic (exact) mass is 879 g/mol. The van der Waals surface area contributed by atoms with Crippen LogP contribution in [0.4, 0.5) is 17.1 Å². The molecule has 11 aromatic rings. The summed E-state index contributed by atoms with van der Waals surface area (Å²) in [7, 11) is 0. The van der Waals surface area contributed by atoms with Crippen LogP contribution in [0.3, 0.4) is 0 Å². The smallest absolute Gasteiger partial charge is 0.132 e.